The third kappa shape index (κ3) is 6.62. The van der Waals surface area contributed by atoms with Crippen LogP contribution in [0.15, 0.2) is 255 Å². The highest BCUT2D eigenvalue weighted by Crippen LogP contribution is 2.49. The Labute approximate surface area is 438 Å². The van der Waals surface area contributed by atoms with Crippen LogP contribution in [0.25, 0.3) is 147 Å². The minimum Gasteiger partial charge on any atom is -0.309 e. The summed E-state index contributed by atoms with van der Waals surface area (Å²) in [4.78, 5) is 3.85. The largest absolute Gasteiger partial charge is 0.309 e. The van der Waals surface area contributed by atoms with Crippen LogP contribution in [0.2, 0.25) is 0 Å². The average Bonchev–Trinajstić information content (AvgIpc) is 4.08. The van der Waals surface area contributed by atoms with Crippen molar-refractivity contribution in [2.45, 2.75) is 0 Å². The van der Waals surface area contributed by atoms with Gasteiger partial charge in [0.15, 0.2) is 5.69 Å². The molecule has 0 spiro atoms. The molecule has 0 aliphatic carbocycles. The monoisotopic (exact) mass is 962 g/mol. The number of hydrogen-bond acceptors (Lipinski definition) is 1. The standard InChI is InChI=1S/C72H42N4/c1-74-52-31-37-70-64(43-52)63-40-51(30-36-69(63)76(70)54-20-6-3-7-21-54)49-28-33-60-66(42-49)72(58-25-13-17-47-15-9-11-23-56(47)58)59-32-27-48(41-65(59)71(60)57-24-12-16-46-14-8-10-22-55(46)57)50-29-35-68-62(39-50)61-38-45(44-73)26-34-67(61)75(68)53-18-4-2-5-19-53/h2-43H. The maximum atomic E-state index is 10.1. The molecule has 0 fully saturated rings. The van der Waals surface area contributed by atoms with Crippen LogP contribution < -0.4 is 0 Å². The van der Waals surface area contributed by atoms with Gasteiger partial charge in [0, 0.05) is 27.5 Å². The van der Waals surface area contributed by atoms with Gasteiger partial charge in [-0.2, -0.15) is 5.26 Å². The number of benzene rings is 13. The first-order valence-corrected chi connectivity index (χ1v) is 25.7. The Bertz CT molecular complexity index is 4680. The van der Waals surface area contributed by atoms with Gasteiger partial charge in [-0.05, 0) is 184 Å². The number of para-hydroxylation sites is 2. The Kier molecular flexibility index (Phi) is 9.66. The number of aromatic nitrogens is 2. The van der Waals surface area contributed by atoms with Crippen LogP contribution in [0.4, 0.5) is 5.69 Å². The molecule has 0 atom stereocenters. The van der Waals surface area contributed by atoms with Gasteiger partial charge in [0.05, 0.1) is 40.3 Å². The Morgan fingerprint density at radius 2 is 0.711 bits per heavy atom. The normalized spacial score (nSPS) is 11.7. The summed E-state index contributed by atoms with van der Waals surface area (Å²) in [6.07, 6.45) is 0. The summed E-state index contributed by atoms with van der Waals surface area (Å²) in [6.45, 7) is 7.93. The van der Waals surface area contributed by atoms with Crippen molar-refractivity contribution < 1.29 is 0 Å². The second-order valence-electron chi connectivity index (χ2n) is 19.8. The van der Waals surface area contributed by atoms with E-state index in [9.17, 15) is 5.26 Å². The van der Waals surface area contributed by atoms with E-state index in [1.54, 1.807) is 0 Å². The number of hydrogen-bond donors (Lipinski definition) is 0. The van der Waals surface area contributed by atoms with E-state index in [1.165, 1.54) is 65.3 Å². The molecule has 2 aromatic heterocycles. The van der Waals surface area contributed by atoms with Gasteiger partial charge in [0.1, 0.15) is 0 Å². The third-order valence-electron chi connectivity index (χ3n) is 15.7. The molecule has 76 heavy (non-hydrogen) atoms. The van der Waals surface area contributed by atoms with Gasteiger partial charge >= 0.3 is 0 Å². The molecule has 0 amide bonds. The second kappa shape index (κ2) is 17.0. The lowest BCUT2D eigenvalue weighted by Gasteiger charge is -2.21. The highest BCUT2D eigenvalue weighted by atomic mass is 15.0. The third-order valence-corrected chi connectivity index (χ3v) is 15.7. The highest BCUT2D eigenvalue weighted by molar-refractivity contribution is 6.26. The molecule has 0 aliphatic heterocycles. The van der Waals surface area contributed by atoms with Crippen LogP contribution in [-0.2, 0) is 0 Å². The van der Waals surface area contributed by atoms with Gasteiger partial charge in [-0.15, -0.1) is 0 Å². The lowest BCUT2D eigenvalue weighted by Crippen LogP contribution is -1.94. The Morgan fingerprint density at radius 1 is 0.316 bits per heavy atom. The van der Waals surface area contributed by atoms with Crippen molar-refractivity contribution in [3.8, 4) is 62.0 Å². The second-order valence-corrected chi connectivity index (χ2v) is 19.8. The predicted molar refractivity (Wildman–Crippen MR) is 318 cm³/mol. The van der Waals surface area contributed by atoms with Crippen LogP contribution in [0.1, 0.15) is 5.56 Å². The first-order valence-electron chi connectivity index (χ1n) is 25.7. The molecule has 2 heterocycles. The molecule has 13 aromatic carbocycles. The fourth-order valence-corrected chi connectivity index (χ4v) is 12.3. The molecule has 15 rings (SSSR count). The number of nitriles is 1. The van der Waals surface area contributed by atoms with Gasteiger partial charge in [-0.1, -0.05) is 164 Å². The molecule has 4 nitrogen and oxygen atoms in total. The van der Waals surface area contributed by atoms with E-state index in [2.05, 4.69) is 238 Å². The summed E-state index contributed by atoms with van der Waals surface area (Å²) < 4.78 is 4.61. The molecule has 350 valence electrons. The quantitative estimate of drug-likeness (QED) is 0.121. The van der Waals surface area contributed by atoms with Gasteiger partial charge in [-0.3, -0.25) is 0 Å². The molecular weight excluding hydrogens is 921 g/mol. The topological polar surface area (TPSA) is 38.0 Å². The molecule has 0 unspecified atom stereocenters. The molecule has 0 aliphatic rings. The summed E-state index contributed by atoms with van der Waals surface area (Å²) in [5, 5.41) is 23.8. The van der Waals surface area contributed by atoms with E-state index < -0.39 is 0 Å². The lowest BCUT2D eigenvalue weighted by atomic mass is 9.82. The van der Waals surface area contributed by atoms with E-state index in [0.717, 1.165) is 77.2 Å². The van der Waals surface area contributed by atoms with Crippen molar-refractivity contribution in [3.05, 3.63) is 272 Å². The van der Waals surface area contributed by atoms with Crippen LogP contribution in [0.5, 0.6) is 0 Å². The molecule has 0 saturated heterocycles. The van der Waals surface area contributed by atoms with Crippen LogP contribution in [-0.4, -0.2) is 9.13 Å². The summed E-state index contributed by atoms with van der Waals surface area (Å²) in [7, 11) is 0. The van der Waals surface area contributed by atoms with Crippen LogP contribution >= 0.6 is 0 Å². The summed E-state index contributed by atoms with van der Waals surface area (Å²) in [5.41, 5.74) is 16.9. The summed E-state index contributed by atoms with van der Waals surface area (Å²) >= 11 is 0. The first kappa shape index (κ1) is 43.1. The number of rotatable bonds is 6. The SMILES string of the molecule is [C-]#[N+]c1ccc2c(c1)c1cc(-c3ccc4c(-c5cccc6ccccc56)c5cc(-c6ccc7c(c6)c6cc(C#N)ccc6n7-c6ccccc6)ccc5c(-c5cccc6ccccc56)c4c3)ccc1n2-c1ccccc1. The fraction of sp³-hybridized carbons (Fsp3) is 0. The van der Waals surface area contributed by atoms with Crippen molar-refractivity contribution in [1.29, 1.82) is 5.26 Å². The Hall–Kier alpha value is -10.5. The van der Waals surface area contributed by atoms with E-state index >= 15 is 0 Å². The smallest absolute Gasteiger partial charge is 0.188 e. The summed E-state index contributed by atoms with van der Waals surface area (Å²) in [6, 6.07) is 94.0. The van der Waals surface area contributed by atoms with Crippen molar-refractivity contribution in [2.24, 2.45) is 0 Å². The minimum atomic E-state index is 0.622. The van der Waals surface area contributed by atoms with E-state index in [-0.39, 0.29) is 0 Å². The predicted octanol–water partition coefficient (Wildman–Crippen LogP) is 19.6. The first-order chi connectivity index (χ1) is 37.6. The minimum absolute atomic E-state index is 0.622. The van der Waals surface area contributed by atoms with Crippen molar-refractivity contribution in [3.63, 3.8) is 0 Å². The van der Waals surface area contributed by atoms with Crippen molar-refractivity contribution >= 4 is 92.4 Å². The zero-order valence-corrected chi connectivity index (χ0v) is 41.0. The maximum absolute atomic E-state index is 10.1. The highest BCUT2D eigenvalue weighted by Gasteiger charge is 2.23. The van der Waals surface area contributed by atoms with Gasteiger partial charge in [0.2, 0.25) is 0 Å². The fourth-order valence-electron chi connectivity index (χ4n) is 12.3. The van der Waals surface area contributed by atoms with E-state index in [1.807, 2.05) is 36.4 Å². The molecule has 0 bridgehead atoms. The lowest BCUT2D eigenvalue weighted by molar-refractivity contribution is 1.18. The Morgan fingerprint density at radius 3 is 1.20 bits per heavy atom. The molecule has 0 radical (unpaired) electrons. The molecular formula is C72H42N4. The maximum Gasteiger partial charge on any atom is 0.188 e. The van der Waals surface area contributed by atoms with Gasteiger partial charge in [0.25, 0.3) is 0 Å². The van der Waals surface area contributed by atoms with Crippen molar-refractivity contribution in [1.82, 2.24) is 9.13 Å². The Balaban J connectivity index is 1.02. The van der Waals surface area contributed by atoms with Crippen LogP contribution in [0, 0.1) is 17.9 Å². The molecule has 0 N–H and O–H groups in total. The number of nitrogens with zero attached hydrogens (tertiary/aromatic N) is 4. The van der Waals surface area contributed by atoms with Gasteiger partial charge < -0.3 is 9.13 Å². The zero-order chi connectivity index (χ0) is 50.4. The van der Waals surface area contributed by atoms with Gasteiger partial charge in [-0.25, -0.2) is 4.85 Å². The number of fused-ring (bicyclic) bond motifs is 10. The molecule has 0 saturated carbocycles. The molecule has 15 aromatic rings. The van der Waals surface area contributed by atoms with E-state index in [4.69, 9.17) is 6.57 Å². The van der Waals surface area contributed by atoms with Crippen LogP contribution in [0.3, 0.4) is 0 Å². The molecule has 4 heteroatoms. The van der Waals surface area contributed by atoms with E-state index in [0.29, 0.717) is 11.3 Å². The summed E-state index contributed by atoms with van der Waals surface area (Å²) in [5.74, 6) is 0. The zero-order valence-electron chi connectivity index (χ0n) is 41.0. The average molecular weight is 963 g/mol. The van der Waals surface area contributed by atoms with Crippen molar-refractivity contribution in [2.75, 3.05) is 0 Å².